The number of amides is 1. The zero-order chi connectivity index (χ0) is 18.6. The minimum Gasteiger partial charge on any atom is -0.343 e. The Kier molecular flexibility index (Phi) is 4.66. The summed E-state index contributed by atoms with van der Waals surface area (Å²) in [6.45, 7) is 3.14. The van der Waals surface area contributed by atoms with Gasteiger partial charge in [-0.15, -0.1) is 0 Å². The van der Waals surface area contributed by atoms with Gasteiger partial charge in [0.05, 0.1) is 17.6 Å². The Balaban J connectivity index is 1.63. The zero-order valence-electron chi connectivity index (χ0n) is 15.1. The smallest absolute Gasteiger partial charge is 0.270 e. The van der Waals surface area contributed by atoms with Crippen LogP contribution in [0.2, 0.25) is 0 Å². The maximum Gasteiger partial charge on any atom is 0.270 e. The molecule has 0 aliphatic rings. The van der Waals surface area contributed by atoms with Crippen LogP contribution in [-0.4, -0.2) is 20.4 Å². The minimum atomic E-state index is -0.204. The van der Waals surface area contributed by atoms with Gasteiger partial charge < -0.3 is 9.88 Å². The summed E-state index contributed by atoms with van der Waals surface area (Å²) in [5, 5.41) is 2.93. The third kappa shape index (κ3) is 3.72. The van der Waals surface area contributed by atoms with Gasteiger partial charge in [0, 0.05) is 12.7 Å². The lowest BCUT2D eigenvalue weighted by atomic mass is 10.1. The van der Waals surface area contributed by atoms with Gasteiger partial charge in [-0.2, -0.15) is 0 Å². The fourth-order valence-electron chi connectivity index (χ4n) is 3.18. The zero-order valence-corrected chi connectivity index (χ0v) is 15.1. The molecule has 134 valence electrons. The number of rotatable bonds is 5. The minimum absolute atomic E-state index is 0.204. The van der Waals surface area contributed by atoms with Crippen LogP contribution in [0.25, 0.3) is 11.0 Å². The van der Waals surface area contributed by atoms with Crippen molar-refractivity contribution in [3.05, 3.63) is 95.6 Å². The average Bonchev–Trinajstić information content (AvgIpc) is 3.04. The maximum atomic E-state index is 12.3. The molecule has 4 aromatic rings. The lowest BCUT2D eigenvalue weighted by Crippen LogP contribution is -2.25. The van der Waals surface area contributed by atoms with Crippen molar-refractivity contribution in [2.45, 2.75) is 20.0 Å². The molecule has 0 saturated carbocycles. The normalized spacial score (nSPS) is 10.9. The Morgan fingerprint density at radius 3 is 2.70 bits per heavy atom. The summed E-state index contributed by atoms with van der Waals surface area (Å²) in [7, 11) is 0. The van der Waals surface area contributed by atoms with Crippen molar-refractivity contribution in [1.82, 2.24) is 19.9 Å². The van der Waals surface area contributed by atoms with E-state index in [1.165, 1.54) is 11.1 Å². The lowest BCUT2D eigenvalue weighted by Gasteiger charge is -2.11. The first-order valence-corrected chi connectivity index (χ1v) is 8.89. The molecule has 0 saturated heterocycles. The van der Waals surface area contributed by atoms with Crippen molar-refractivity contribution in [3.8, 4) is 0 Å². The second kappa shape index (κ2) is 7.41. The summed E-state index contributed by atoms with van der Waals surface area (Å²) in [5.74, 6) is 0.617. The van der Waals surface area contributed by atoms with Gasteiger partial charge in [-0.25, -0.2) is 4.98 Å². The summed E-state index contributed by atoms with van der Waals surface area (Å²) < 4.78 is 2.16. The molecule has 0 aliphatic heterocycles. The molecule has 1 amide bonds. The van der Waals surface area contributed by atoms with Crippen LogP contribution >= 0.6 is 0 Å². The molecule has 0 spiro atoms. The molecule has 1 N–H and O–H groups in total. The van der Waals surface area contributed by atoms with Gasteiger partial charge in [-0.1, -0.05) is 48.0 Å². The van der Waals surface area contributed by atoms with Gasteiger partial charge in [0.2, 0.25) is 0 Å². The molecule has 0 atom stereocenters. The Morgan fingerprint density at radius 2 is 1.89 bits per heavy atom. The molecule has 2 aromatic heterocycles. The molecule has 0 bridgehead atoms. The molecular formula is C22H20N4O. The summed E-state index contributed by atoms with van der Waals surface area (Å²) in [6, 6.07) is 21.8. The predicted molar refractivity (Wildman–Crippen MR) is 105 cm³/mol. The second-order valence-corrected chi connectivity index (χ2v) is 6.49. The number of hydrogen-bond donors (Lipinski definition) is 1. The molecular weight excluding hydrogens is 336 g/mol. The lowest BCUT2D eigenvalue weighted by molar-refractivity contribution is 0.0944. The maximum absolute atomic E-state index is 12.3. The number of pyridine rings is 1. The number of fused-ring (bicyclic) bond motifs is 1. The molecule has 0 fully saturated rings. The van der Waals surface area contributed by atoms with Crippen LogP contribution in [0.3, 0.4) is 0 Å². The van der Waals surface area contributed by atoms with Crippen LogP contribution in [0.1, 0.15) is 27.4 Å². The standard InChI is InChI=1S/C22H20N4O/c1-16-7-6-8-17(13-16)15-26-20-11-3-2-9-18(20)25-21(26)14-24-22(27)19-10-4-5-12-23-19/h2-13H,14-15H2,1H3,(H,24,27). The average molecular weight is 356 g/mol. The van der Waals surface area contributed by atoms with Crippen molar-refractivity contribution < 1.29 is 4.79 Å². The van der Waals surface area contributed by atoms with Gasteiger partial charge in [0.1, 0.15) is 11.5 Å². The molecule has 5 nitrogen and oxygen atoms in total. The summed E-state index contributed by atoms with van der Waals surface area (Å²) in [6.07, 6.45) is 1.61. The highest BCUT2D eigenvalue weighted by atomic mass is 16.1. The fourth-order valence-corrected chi connectivity index (χ4v) is 3.18. The molecule has 27 heavy (non-hydrogen) atoms. The quantitative estimate of drug-likeness (QED) is 0.593. The number of carbonyl (C=O) groups is 1. The van der Waals surface area contributed by atoms with E-state index < -0.39 is 0 Å². The highest BCUT2D eigenvalue weighted by Crippen LogP contribution is 2.18. The van der Waals surface area contributed by atoms with E-state index in [2.05, 4.69) is 52.1 Å². The van der Waals surface area contributed by atoms with E-state index in [4.69, 9.17) is 4.98 Å². The van der Waals surface area contributed by atoms with Gasteiger partial charge in [-0.3, -0.25) is 9.78 Å². The number of nitrogens with zero attached hydrogens (tertiary/aromatic N) is 3. The van der Waals surface area contributed by atoms with E-state index >= 15 is 0 Å². The largest absolute Gasteiger partial charge is 0.343 e. The van der Waals surface area contributed by atoms with Crippen molar-refractivity contribution in [2.75, 3.05) is 0 Å². The Bertz CT molecular complexity index is 1090. The van der Waals surface area contributed by atoms with Crippen LogP contribution in [0.4, 0.5) is 0 Å². The first-order valence-electron chi connectivity index (χ1n) is 8.89. The molecule has 2 aromatic carbocycles. The number of aromatic nitrogens is 3. The summed E-state index contributed by atoms with van der Waals surface area (Å²) >= 11 is 0. The van der Waals surface area contributed by atoms with E-state index in [9.17, 15) is 4.79 Å². The SMILES string of the molecule is Cc1cccc(Cn2c(CNC(=O)c3ccccn3)nc3ccccc32)c1. The van der Waals surface area contributed by atoms with E-state index in [1.807, 2.05) is 18.2 Å². The highest BCUT2D eigenvalue weighted by molar-refractivity contribution is 5.92. The third-order valence-corrected chi connectivity index (χ3v) is 4.46. The Labute approximate surface area is 157 Å². The van der Waals surface area contributed by atoms with E-state index in [0.717, 1.165) is 16.9 Å². The second-order valence-electron chi connectivity index (χ2n) is 6.49. The molecule has 0 unspecified atom stereocenters. The van der Waals surface area contributed by atoms with E-state index in [-0.39, 0.29) is 5.91 Å². The number of benzene rings is 2. The van der Waals surface area contributed by atoms with Crippen molar-refractivity contribution in [2.24, 2.45) is 0 Å². The van der Waals surface area contributed by atoms with Crippen LogP contribution in [-0.2, 0) is 13.1 Å². The number of imidazole rings is 1. The molecule has 2 heterocycles. The summed E-state index contributed by atoms with van der Waals surface area (Å²) in [5.41, 5.74) is 4.81. The number of nitrogens with one attached hydrogen (secondary N) is 1. The van der Waals surface area contributed by atoms with Crippen LogP contribution in [0, 0.1) is 6.92 Å². The highest BCUT2D eigenvalue weighted by Gasteiger charge is 2.13. The number of hydrogen-bond acceptors (Lipinski definition) is 3. The van der Waals surface area contributed by atoms with Crippen LogP contribution in [0.15, 0.2) is 72.9 Å². The first-order chi connectivity index (χ1) is 13.2. The van der Waals surface area contributed by atoms with E-state index in [1.54, 1.807) is 24.4 Å². The topological polar surface area (TPSA) is 59.8 Å². The van der Waals surface area contributed by atoms with Gasteiger partial charge in [0.25, 0.3) is 5.91 Å². The molecule has 0 radical (unpaired) electrons. The number of para-hydroxylation sites is 2. The predicted octanol–water partition coefficient (Wildman–Crippen LogP) is 3.72. The fraction of sp³-hybridized carbons (Fsp3) is 0.136. The summed E-state index contributed by atoms with van der Waals surface area (Å²) in [4.78, 5) is 21.2. The Hall–Kier alpha value is -3.47. The van der Waals surface area contributed by atoms with Crippen molar-refractivity contribution in [1.29, 1.82) is 0 Å². The first kappa shape index (κ1) is 17.0. The van der Waals surface area contributed by atoms with Crippen molar-refractivity contribution >= 4 is 16.9 Å². The van der Waals surface area contributed by atoms with Gasteiger partial charge in [0.15, 0.2) is 0 Å². The van der Waals surface area contributed by atoms with Gasteiger partial charge in [-0.05, 0) is 36.8 Å². The van der Waals surface area contributed by atoms with Crippen molar-refractivity contribution in [3.63, 3.8) is 0 Å². The van der Waals surface area contributed by atoms with Crippen LogP contribution in [0.5, 0.6) is 0 Å². The van der Waals surface area contributed by atoms with Gasteiger partial charge >= 0.3 is 0 Å². The molecule has 0 aliphatic carbocycles. The monoisotopic (exact) mass is 356 g/mol. The Morgan fingerprint density at radius 1 is 1.04 bits per heavy atom. The van der Waals surface area contributed by atoms with Crippen LogP contribution < -0.4 is 5.32 Å². The molecule has 4 rings (SSSR count). The molecule has 5 heteroatoms. The van der Waals surface area contributed by atoms with E-state index in [0.29, 0.717) is 18.8 Å². The number of aryl methyl sites for hydroxylation is 1. The third-order valence-electron chi connectivity index (χ3n) is 4.46. The number of carbonyl (C=O) groups excluding carboxylic acids is 1.